The molecule has 2 nitrogen and oxygen atoms in total. The van der Waals surface area contributed by atoms with Crippen LogP contribution in [-0.2, 0) is 6.54 Å². The van der Waals surface area contributed by atoms with Gasteiger partial charge in [0.15, 0.2) is 0 Å². The van der Waals surface area contributed by atoms with Crippen molar-refractivity contribution in [3.05, 3.63) is 16.6 Å². The summed E-state index contributed by atoms with van der Waals surface area (Å²) >= 11 is 7.42. The van der Waals surface area contributed by atoms with Crippen LogP contribution in [0.2, 0.25) is 0 Å². The van der Waals surface area contributed by atoms with Gasteiger partial charge in [0.2, 0.25) is 0 Å². The Kier molecular flexibility index (Phi) is 3.98. The van der Waals surface area contributed by atoms with E-state index in [4.69, 9.17) is 11.6 Å². The SMILES string of the molecule is CC(CCl)N(C)Cc1cncs1. The van der Waals surface area contributed by atoms with E-state index in [1.54, 1.807) is 11.3 Å². The van der Waals surface area contributed by atoms with Crippen LogP contribution in [0.15, 0.2) is 11.7 Å². The molecule has 0 aromatic carbocycles. The van der Waals surface area contributed by atoms with E-state index in [1.165, 1.54) is 4.88 Å². The molecule has 0 saturated heterocycles. The Balaban J connectivity index is 2.41. The van der Waals surface area contributed by atoms with E-state index in [2.05, 4.69) is 23.9 Å². The number of nitrogens with zero attached hydrogens (tertiary/aromatic N) is 2. The second-order valence-electron chi connectivity index (χ2n) is 2.89. The van der Waals surface area contributed by atoms with Crippen LogP contribution in [0, 0.1) is 0 Å². The van der Waals surface area contributed by atoms with Crippen LogP contribution >= 0.6 is 22.9 Å². The van der Waals surface area contributed by atoms with Crippen LogP contribution in [0.25, 0.3) is 0 Å². The lowest BCUT2D eigenvalue weighted by Crippen LogP contribution is -2.29. The second kappa shape index (κ2) is 4.80. The van der Waals surface area contributed by atoms with Crippen LogP contribution in [-0.4, -0.2) is 28.9 Å². The predicted molar refractivity (Wildman–Crippen MR) is 53.8 cm³/mol. The van der Waals surface area contributed by atoms with Crippen LogP contribution in [0.4, 0.5) is 0 Å². The van der Waals surface area contributed by atoms with Gasteiger partial charge in [0, 0.05) is 29.5 Å². The molecule has 0 saturated carbocycles. The lowest BCUT2D eigenvalue weighted by Gasteiger charge is -2.21. The lowest BCUT2D eigenvalue weighted by molar-refractivity contribution is 0.270. The van der Waals surface area contributed by atoms with E-state index in [1.807, 2.05) is 11.7 Å². The summed E-state index contributed by atoms with van der Waals surface area (Å²) in [5.74, 6) is 0.676. The molecular formula is C8H13ClN2S. The Hall–Kier alpha value is -0.120. The number of hydrogen-bond donors (Lipinski definition) is 0. The molecule has 0 fully saturated rings. The summed E-state index contributed by atoms with van der Waals surface area (Å²) in [6, 6.07) is 0.425. The minimum Gasteiger partial charge on any atom is -0.297 e. The molecule has 68 valence electrons. The minimum absolute atomic E-state index is 0.425. The normalized spacial score (nSPS) is 13.7. The molecule has 1 heterocycles. The third-order valence-electron chi connectivity index (χ3n) is 1.86. The van der Waals surface area contributed by atoms with Crippen molar-refractivity contribution in [1.82, 2.24) is 9.88 Å². The first-order valence-corrected chi connectivity index (χ1v) is 5.29. The van der Waals surface area contributed by atoms with Gasteiger partial charge in [0.1, 0.15) is 0 Å². The standard InChI is InChI=1S/C8H13ClN2S/c1-7(3-9)11(2)5-8-4-10-6-12-8/h4,6-7H,3,5H2,1-2H3. The average molecular weight is 205 g/mol. The highest BCUT2D eigenvalue weighted by atomic mass is 35.5. The fraction of sp³-hybridized carbons (Fsp3) is 0.625. The van der Waals surface area contributed by atoms with Gasteiger partial charge in [0.05, 0.1) is 5.51 Å². The smallest absolute Gasteiger partial charge is 0.0794 e. The Morgan fingerprint density at radius 1 is 1.75 bits per heavy atom. The zero-order valence-corrected chi connectivity index (χ0v) is 8.90. The molecule has 1 unspecified atom stereocenters. The van der Waals surface area contributed by atoms with Gasteiger partial charge < -0.3 is 0 Å². The zero-order chi connectivity index (χ0) is 8.97. The van der Waals surface area contributed by atoms with Crippen LogP contribution in [0.1, 0.15) is 11.8 Å². The van der Waals surface area contributed by atoms with Gasteiger partial charge in [-0.25, -0.2) is 0 Å². The number of thiazole rings is 1. The third-order valence-corrected chi connectivity index (χ3v) is 3.08. The Morgan fingerprint density at radius 2 is 2.50 bits per heavy atom. The zero-order valence-electron chi connectivity index (χ0n) is 7.33. The molecule has 0 radical (unpaired) electrons. The van der Waals surface area contributed by atoms with E-state index < -0.39 is 0 Å². The van der Waals surface area contributed by atoms with Gasteiger partial charge in [-0.3, -0.25) is 9.88 Å². The summed E-state index contributed by atoms with van der Waals surface area (Å²) in [6.45, 7) is 3.06. The number of halogens is 1. The van der Waals surface area contributed by atoms with Crippen molar-refractivity contribution in [2.24, 2.45) is 0 Å². The maximum Gasteiger partial charge on any atom is 0.0794 e. The molecule has 0 amide bonds. The molecule has 12 heavy (non-hydrogen) atoms. The Labute approximate surface area is 82.2 Å². The van der Waals surface area contributed by atoms with E-state index >= 15 is 0 Å². The first kappa shape index (κ1) is 9.96. The summed E-state index contributed by atoms with van der Waals surface area (Å²) in [7, 11) is 2.08. The molecule has 0 N–H and O–H groups in total. The van der Waals surface area contributed by atoms with Gasteiger partial charge in [-0.15, -0.1) is 22.9 Å². The second-order valence-corrected chi connectivity index (χ2v) is 4.17. The third kappa shape index (κ3) is 2.73. The number of rotatable bonds is 4. The summed E-state index contributed by atoms with van der Waals surface area (Å²) < 4.78 is 0. The van der Waals surface area contributed by atoms with Crippen molar-refractivity contribution in [1.29, 1.82) is 0 Å². The number of aromatic nitrogens is 1. The molecule has 0 aliphatic heterocycles. The average Bonchev–Trinajstić information content (AvgIpc) is 2.55. The minimum atomic E-state index is 0.425. The molecule has 4 heteroatoms. The molecule has 1 aromatic rings. The van der Waals surface area contributed by atoms with Crippen LogP contribution < -0.4 is 0 Å². The van der Waals surface area contributed by atoms with Crippen molar-refractivity contribution in [2.45, 2.75) is 19.5 Å². The summed E-state index contributed by atoms with van der Waals surface area (Å²) in [6.07, 6.45) is 1.90. The van der Waals surface area contributed by atoms with Crippen molar-refractivity contribution in [3.8, 4) is 0 Å². The highest BCUT2D eigenvalue weighted by Gasteiger charge is 2.08. The van der Waals surface area contributed by atoms with Gasteiger partial charge in [-0.1, -0.05) is 0 Å². The topological polar surface area (TPSA) is 16.1 Å². The first-order valence-electron chi connectivity index (χ1n) is 3.87. The number of alkyl halides is 1. The highest BCUT2D eigenvalue weighted by molar-refractivity contribution is 7.09. The lowest BCUT2D eigenvalue weighted by atomic mass is 10.3. The maximum absolute atomic E-state index is 5.73. The van der Waals surface area contributed by atoms with E-state index in [-0.39, 0.29) is 0 Å². The molecule has 0 aliphatic rings. The van der Waals surface area contributed by atoms with Crippen molar-refractivity contribution in [3.63, 3.8) is 0 Å². The molecule has 0 spiro atoms. The van der Waals surface area contributed by atoms with Gasteiger partial charge in [-0.2, -0.15) is 0 Å². The number of hydrogen-bond acceptors (Lipinski definition) is 3. The van der Waals surface area contributed by atoms with Crippen LogP contribution in [0.5, 0.6) is 0 Å². The molecule has 0 bridgehead atoms. The summed E-state index contributed by atoms with van der Waals surface area (Å²) in [5, 5.41) is 0. The molecule has 1 rings (SSSR count). The fourth-order valence-electron chi connectivity index (χ4n) is 0.840. The van der Waals surface area contributed by atoms with Crippen molar-refractivity contribution >= 4 is 22.9 Å². The van der Waals surface area contributed by atoms with Gasteiger partial charge >= 0.3 is 0 Å². The van der Waals surface area contributed by atoms with Crippen molar-refractivity contribution < 1.29 is 0 Å². The van der Waals surface area contributed by atoms with Gasteiger partial charge in [-0.05, 0) is 14.0 Å². The van der Waals surface area contributed by atoms with Crippen LogP contribution in [0.3, 0.4) is 0 Å². The summed E-state index contributed by atoms with van der Waals surface area (Å²) in [5.41, 5.74) is 1.86. The largest absolute Gasteiger partial charge is 0.297 e. The Bertz CT molecular complexity index is 213. The van der Waals surface area contributed by atoms with Gasteiger partial charge in [0.25, 0.3) is 0 Å². The quantitative estimate of drug-likeness (QED) is 0.700. The highest BCUT2D eigenvalue weighted by Crippen LogP contribution is 2.10. The van der Waals surface area contributed by atoms with E-state index in [9.17, 15) is 0 Å². The molecule has 0 aliphatic carbocycles. The van der Waals surface area contributed by atoms with E-state index in [0.717, 1.165) is 6.54 Å². The molecular weight excluding hydrogens is 192 g/mol. The predicted octanol–water partition coefficient (Wildman–Crippen LogP) is 2.20. The molecule has 1 atom stereocenters. The Morgan fingerprint density at radius 3 is 3.00 bits per heavy atom. The summed E-state index contributed by atoms with van der Waals surface area (Å²) in [4.78, 5) is 7.53. The molecule has 1 aromatic heterocycles. The monoisotopic (exact) mass is 204 g/mol. The maximum atomic E-state index is 5.73. The van der Waals surface area contributed by atoms with E-state index in [0.29, 0.717) is 11.9 Å². The fourth-order valence-corrected chi connectivity index (χ4v) is 1.73. The van der Waals surface area contributed by atoms with Crippen molar-refractivity contribution in [2.75, 3.05) is 12.9 Å². The first-order chi connectivity index (χ1) is 5.74.